The number of carbonyl (C=O) groups is 1. The first-order valence-electron chi connectivity index (χ1n) is 2.97. The smallest absolute Gasteiger partial charge is 0.355 e. The SMILES string of the molecule is O=C(O)c1csc(CCBr)n1. The highest BCUT2D eigenvalue weighted by Gasteiger charge is 2.07. The molecule has 0 aliphatic heterocycles. The van der Waals surface area contributed by atoms with Crippen LogP contribution >= 0.6 is 27.3 Å². The molecule has 0 aromatic carbocycles. The molecule has 0 fully saturated rings. The highest BCUT2D eigenvalue weighted by atomic mass is 79.9. The van der Waals surface area contributed by atoms with Gasteiger partial charge in [0, 0.05) is 17.1 Å². The predicted molar refractivity (Wildman–Crippen MR) is 46.6 cm³/mol. The van der Waals surface area contributed by atoms with E-state index in [0.717, 1.165) is 16.8 Å². The maximum absolute atomic E-state index is 10.4. The van der Waals surface area contributed by atoms with Crippen molar-refractivity contribution in [2.24, 2.45) is 0 Å². The van der Waals surface area contributed by atoms with Gasteiger partial charge in [0.05, 0.1) is 5.01 Å². The molecule has 1 aromatic rings. The number of alkyl halides is 1. The molecular formula is C6H6BrNO2S. The number of aryl methyl sites for hydroxylation is 1. The average Bonchev–Trinajstić information content (AvgIpc) is 2.37. The zero-order valence-corrected chi connectivity index (χ0v) is 7.98. The second-order valence-electron chi connectivity index (χ2n) is 1.87. The minimum Gasteiger partial charge on any atom is -0.476 e. The van der Waals surface area contributed by atoms with Crippen LogP contribution in [0.4, 0.5) is 0 Å². The zero-order chi connectivity index (χ0) is 8.27. The van der Waals surface area contributed by atoms with Crippen LogP contribution in [0.5, 0.6) is 0 Å². The molecule has 1 N–H and O–H groups in total. The van der Waals surface area contributed by atoms with Crippen molar-refractivity contribution >= 4 is 33.2 Å². The number of carboxylic acids is 1. The van der Waals surface area contributed by atoms with Gasteiger partial charge in [0.25, 0.3) is 0 Å². The molecule has 3 nitrogen and oxygen atoms in total. The molecule has 1 rings (SSSR count). The molecule has 0 unspecified atom stereocenters. The van der Waals surface area contributed by atoms with Gasteiger partial charge in [0.1, 0.15) is 0 Å². The van der Waals surface area contributed by atoms with Gasteiger partial charge in [-0.3, -0.25) is 0 Å². The fourth-order valence-corrected chi connectivity index (χ4v) is 2.01. The van der Waals surface area contributed by atoms with E-state index >= 15 is 0 Å². The predicted octanol–water partition coefficient (Wildman–Crippen LogP) is 1.78. The summed E-state index contributed by atoms with van der Waals surface area (Å²) in [5.74, 6) is -0.956. The summed E-state index contributed by atoms with van der Waals surface area (Å²) in [6.07, 6.45) is 0.790. The van der Waals surface area contributed by atoms with E-state index in [9.17, 15) is 4.79 Å². The number of rotatable bonds is 3. The maximum Gasteiger partial charge on any atom is 0.355 e. The summed E-state index contributed by atoms with van der Waals surface area (Å²) in [5.41, 5.74) is 0.144. The van der Waals surface area contributed by atoms with E-state index in [1.807, 2.05) is 0 Å². The van der Waals surface area contributed by atoms with Crippen molar-refractivity contribution in [3.05, 3.63) is 16.1 Å². The van der Waals surface area contributed by atoms with Crippen molar-refractivity contribution in [2.45, 2.75) is 6.42 Å². The third-order valence-electron chi connectivity index (χ3n) is 1.08. The first kappa shape index (κ1) is 8.67. The van der Waals surface area contributed by atoms with Crippen molar-refractivity contribution in [1.29, 1.82) is 0 Å². The van der Waals surface area contributed by atoms with E-state index in [-0.39, 0.29) is 5.69 Å². The Morgan fingerprint density at radius 3 is 3.00 bits per heavy atom. The first-order chi connectivity index (χ1) is 5.24. The Labute approximate surface area is 76.2 Å². The lowest BCUT2D eigenvalue weighted by Crippen LogP contribution is -1.96. The molecule has 0 saturated heterocycles. The van der Waals surface area contributed by atoms with Gasteiger partial charge >= 0.3 is 5.97 Å². The van der Waals surface area contributed by atoms with E-state index in [4.69, 9.17) is 5.11 Å². The topological polar surface area (TPSA) is 50.2 Å². The molecule has 60 valence electrons. The van der Waals surface area contributed by atoms with Gasteiger partial charge in [-0.2, -0.15) is 0 Å². The quantitative estimate of drug-likeness (QED) is 0.813. The van der Waals surface area contributed by atoms with Crippen molar-refractivity contribution in [1.82, 2.24) is 4.98 Å². The minimum atomic E-state index is -0.956. The van der Waals surface area contributed by atoms with Crippen LogP contribution in [0.2, 0.25) is 0 Å². The summed E-state index contributed by atoms with van der Waals surface area (Å²) in [4.78, 5) is 14.2. The summed E-state index contributed by atoms with van der Waals surface area (Å²) in [7, 11) is 0. The van der Waals surface area contributed by atoms with Crippen LogP contribution in [0.3, 0.4) is 0 Å². The van der Waals surface area contributed by atoms with Gasteiger partial charge in [0.2, 0.25) is 0 Å². The molecule has 0 bridgehead atoms. The Bertz CT molecular complexity index is 261. The van der Waals surface area contributed by atoms with Gasteiger partial charge in [-0.25, -0.2) is 9.78 Å². The fourth-order valence-electron chi connectivity index (χ4n) is 0.605. The zero-order valence-electron chi connectivity index (χ0n) is 5.58. The third-order valence-corrected chi connectivity index (χ3v) is 2.38. The Morgan fingerprint density at radius 2 is 2.55 bits per heavy atom. The summed E-state index contributed by atoms with van der Waals surface area (Å²) >= 11 is 4.63. The van der Waals surface area contributed by atoms with E-state index in [2.05, 4.69) is 20.9 Å². The highest BCUT2D eigenvalue weighted by molar-refractivity contribution is 9.09. The number of aromatic carboxylic acids is 1. The van der Waals surface area contributed by atoms with Gasteiger partial charge in [-0.05, 0) is 0 Å². The highest BCUT2D eigenvalue weighted by Crippen LogP contribution is 2.10. The second kappa shape index (κ2) is 3.82. The lowest BCUT2D eigenvalue weighted by Gasteiger charge is -1.85. The first-order valence-corrected chi connectivity index (χ1v) is 4.98. The standard InChI is InChI=1S/C6H6BrNO2S/c7-2-1-5-8-4(3-11-5)6(9)10/h3H,1-2H2,(H,9,10). The van der Waals surface area contributed by atoms with Crippen molar-refractivity contribution in [3.63, 3.8) is 0 Å². The van der Waals surface area contributed by atoms with Crippen molar-refractivity contribution in [3.8, 4) is 0 Å². The minimum absolute atomic E-state index is 0.144. The Balaban J connectivity index is 2.73. The number of carboxylic acid groups (broad SMARTS) is 1. The fraction of sp³-hybridized carbons (Fsp3) is 0.333. The lowest BCUT2D eigenvalue weighted by atomic mass is 10.5. The molecule has 0 amide bonds. The summed E-state index contributed by atoms with van der Waals surface area (Å²) < 4.78 is 0. The van der Waals surface area contributed by atoms with Crippen LogP contribution in [0, 0.1) is 0 Å². The number of aromatic nitrogens is 1. The number of thiazole rings is 1. The second-order valence-corrected chi connectivity index (χ2v) is 3.61. The van der Waals surface area contributed by atoms with E-state index in [0.29, 0.717) is 0 Å². The average molecular weight is 236 g/mol. The molecular weight excluding hydrogens is 230 g/mol. The van der Waals surface area contributed by atoms with Crippen LogP contribution in [0.25, 0.3) is 0 Å². The normalized spacial score (nSPS) is 9.91. The van der Waals surface area contributed by atoms with E-state index < -0.39 is 5.97 Å². The molecule has 5 heteroatoms. The number of hydrogen-bond acceptors (Lipinski definition) is 3. The van der Waals surface area contributed by atoms with Crippen LogP contribution < -0.4 is 0 Å². The summed E-state index contributed by atoms with van der Waals surface area (Å²) in [5, 5.41) is 11.7. The van der Waals surface area contributed by atoms with E-state index in [1.165, 1.54) is 11.3 Å². The monoisotopic (exact) mass is 235 g/mol. The maximum atomic E-state index is 10.4. The van der Waals surface area contributed by atoms with Gasteiger partial charge < -0.3 is 5.11 Å². The van der Waals surface area contributed by atoms with Gasteiger partial charge in [-0.15, -0.1) is 11.3 Å². The number of hydrogen-bond donors (Lipinski definition) is 1. The molecule has 0 saturated carbocycles. The third kappa shape index (κ3) is 2.27. The van der Waals surface area contributed by atoms with Gasteiger partial charge in [-0.1, -0.05) is 15.9 Å². The number of halogens is 1. The molecule has 0 spiro atoms. The van der Waals surface area contributed by atoms with Crippen LogP contribution in [-0.4, -0.2) is 21.4 Å². The van der Waals surface area contributed by atoms with Crippen molar-refractivity contribution < 1.29 is 9.90 Å². The molecule has 1 aromatic heterocycles. The Kier molecular flexibility index (Phi) is 3.02. The molecule has 0 aliphatic rings. The Morgan fingerprint density at radius 1 is 1.82 bits per heavy atom. The van der Waals surface area contributed by atoms with Gasteiger partial charge in [0.15, 0.2) is 5.69 Å². The van der Waals surface area contributed by atoms with E-state index in [1.54, 1.807) is 5.38 Å². The summed E-state index contributed by atoms with van der Waals surface area (Å²) in [6, 6.07) is 0. The van der Waals surface area contributed by atoms with Crippen LogP contribution in [0.15, 0.2) is 5.38 Å². The molecule has 0 radical (unpaired) electrons. The molecule has 0 aliphatic carbocycles. The molecule has 1 heterocycles. The Hall–Kier alpha value is -0.420. The molecule has 0 atom stereocenters. The molecule has 11 heavy (non-hydrogen) atoms. The number of nitrogens with zero attached hydrogens (tertiary/aromatic N) is 1. The van der Waals surface area contributed by atoms with Crippen molar-refractivity contribution in [2.75, 3.05) is 5.33 Å². The summed E-state index contributed by atoms with van der Waals surface area (Å²) in [6.45, 7) is 0. The van der Waals surface area contributed by atoms with Crippen LogP contribution in [0.1, 0.15) is 15.5 Å². The largest absolute Gasteiger partial charge is 0.476 e. The van der Waals surface area contributed by atoms with Crippen LogP contribution in [-0.2, 0) is 6.42 Å². The lowest BCUT2D eigenvalue weighted by molar-refractivity contribution is 0.0691.